The first kappa shape index (κ1) is 18.7. The van der Waals surface area contributed by atoms with E-state index in [1.165, 1.54) is 0 Å². The van der Waals surface area contributed by atoms with E-state index >= 15 is 0 Å². The van der Waals surface area contributed by atoms with E-state index in [-0.39, 0.29) is 23.8 Å². The molecule has 2 rings (SSSR count). The first-order chi connectivity index (χ1) is 12.0. The van der Waals surface area contributed by atoms with E-state index in [1.54, 1.807) is 13.0 Å². The van der Waals surface area contributed by atoms with Crippen LogP contribution in [0.5, 0.6) is 11.5 Å². The highest BCUT2D eigenvalue weighted by atomic mass is 32.1. The number of hydrogen-bond donors (Lipinski definition) is 1. The highest BCUT2D eigenvalue weighted by molar-refractivity contribution is 7.13. The molecule has 7 nitrogen and oxygen atoms in total. The van der Waals surface area contributed by atoms with Crippen LogP contribution < -0.4 is 19.9 Å². The van der Waals surface area contributed by atoms with Crippen LogP contribution in [0.15, 0.2) is 24.3 Å². The van der Waals surface area contributed by atoms with E-state index in [0.29, 0.717) is 35.4 Å². The molecule has 8 heteroatoms. The van der Waals surface area contributed by atoms with Crippen LogP contribution in [0.3, 0.4) is 0 Å². The summed E-state index contributed by atoms with van der Waals surface area (Å²) in [6.07, 6.45) is 0.0221. The number of aromatic nitrogens is 1. The lowest BCUT2D eigenvalue weighted by molar-refractivity contribution is -0.254. The van der Waals surface area contributed by atoms with E-state index in [1.807, 2.05) is 25.1 Å². The third-order valence-electron chi connectivity index (χ3n) is 3.17. The number of para-hydroxylation sites is 2. The third kappa shape index (κ3) is 5.46. The van der Waals surface area contributed by atoms with Crippen molar-refractivity contribution in [1.29, 1.82) is 0 Å². The molecule has 0 aliphatic rings. The zero-order chi connectivity index (χ0) is 18.2. The summed E-state index contributed by atoms with van der Waals surface area (Å²) < 4.78 is 11.1. The predicted octanol–water partition coefficient (Wildman–Crippen LogP) is 0.951. The van der Waals surface area contributed by atoms with E-state index in [0.717, 1.165) is 11.3 Å². The van der Waals surface area contributed by atoms with Gasteiger partial charge in [-0.2, -0.15) is 0 Å². The lowest BCUT2D eigenvalue weighted by atomic mass is 10.3. The number of hydrogen-bond acceptors (Lipinski definition) is 7. The van der Waals surface area contributed by atoms with Crippen molar-refractivity contribution in [2.45, 2.75) is 20.3 Å². The van der Waals surface area contributed by atoms with Crippen LogP contribution in [-0.4, -0.2) is 36.6 Å². The van der Waals surface area contributed by atoms with Gasteiger partial charge in [0.2, 0.25) is 5.91 Å². The monoisotopic (exact) mass is 363 g/mol. The number of aromatic carboxylic acids is 1. The zero-order valence-corrected chi connectivity index (χ0v) is 14.9. The van der Waals surface area contributed by atoms with Gasteiger partial charge in [-0.25, -0.2) is 4.98 Å². The van der Waals surface area contributed by atoms with Crippen molar-refractivity contribution in [3.8, 4) is 11.5 Å². The van der Waals surface area contributed by atoms with Crippen molar-refractivity contribution >= 4 is 23.2 Å². The number of amides is 1. The molecule has 0 unspecified atom stereocenters. The predicted molar refractivity (Wildman–Crippen MR) is 91.0 cm³/mol. The van der Waals surface area contributed by atoms with Crippen LogP contribution in [0.2, 0.25) is 0 Å². The smallest absolute Gasteiger partial charge is 0.226 e. The number of carbonyl (C=O) groups is 2. The maximum atomic E-state index is 11.9. The Labute approximate surface area is 149 Å². The molecule has 0 bridgehead atoms. The Balaban J connectivity index is 1.77. The number of benzene rings is 1. The number of carbonyl (C=O) groups excluding carboxylic acids is 2. The lowest BCUT2D eigenvalue weighted by Gasteiger charge is -2.11. The molecule has 25 heavy (non-hydrogen) atoms. The summed E-state index contributed by atoms with van der Waals surface area (Å²) in [4.78, 5) is 26.9. The van der Waals surface area contributed by atoms with Crippen molar-refractivity contribution in [3.63, 3.8) is 0 Å². The Bertz CT molecular complexity index is 744. The molecule has 0 aliphatic carbocycles. The SMILES string of the molecule is CCOc1ccccc1OCCNC(=O)Cc1nc(C)c(C(=O)[O-])s1. The second-order valence-corrected chi connectivity index (χ2v) is 6.15. The molecule has 0 atom stereocenters. The van der Waals surface area contributed by atoms with Gasteiger partial charge in [0.25, 0.3) is 0 Å². The molecule has 0 spiro atoms. The van der Waals surface area contributed by atoms with Crippen LogP contribution in [0.1, 0.15) is 27.3 Å². The molecule has 0 aliphatic heterocycles. The number of nitrogens with one attached hydrogen (secondary N) is 1. The Morgan fingerprint density at radius 3 is 2.52 bits per heavy atom. The molecule has 2 aromatic rings. The zero-order valence-electron chi connectivity index (χ0n) is 14.0. The van der Waals surface area contributed by atoms with E-state index in [4.69, 9.17) is 9.47 Å². The van der Waals surface area contributed by atoms with E-state index < -0.39 is 5.97 Å². The molecule has 0 fully saturated rings. The maximum absolute atomic E-state index is 11.9. The normalized spacial score (nSPS) is 10.3. The van der Waals surface area contributed by atoms with Gasteiger partial charge < -0.3 is 24.7 Å². The second kappa shape index (κ2) is 9.03. The number of carboxylic acids is 1. The summed E-state index contributed by atoms with van der Waals surface area (Å²) in [6, 6.07) is 7.32. The van der Waals surface area contributed by atoms with Crippen molar-refractivity contribution in [1.82, 2.24) is 10.3 Å². The summed E-state index contributed by atoms with van der Waals surface area (Å²) in [7, 11) is 0. The number of ether oxygens (including phenoxy) is 2. The molecular formula is C17H19N2O5S-. The standard InChI is InChI=1S/C17H20N2O5S/c1-3-23-12-6-4-5-7-13(12)24-9-8-18-14(20)10-15-19-11(2)16(25-15)17(21)22/h4-7H,3,8-10H2,1-2H3,(H,18,20)(H,21,22)/p-1. The van der Waals surface area contributed by atoms with Gasteiger partial charge >= 0.3 is 0 Å². The number of rotatable bonds is 9. The highest BCUT2D eigenvalue weighted by Gasteiger charge is 2.12. The molecule has 134 valence electrons. The van der Waals surface area contributed by atoms with Gasteiger partial charge in [0.1, 0.15) is 11.6 Å². The fourth-order valence-corrected chi connectivity index (χ4v) is 3.01. The van der Waals surface area contributed by atoms with E-state index in [9.17, 15) is 14.7 Å². The van der Waals surface area contributed by atoms with Gasteiger partial charge in [-0.3, -0.25) is 4.79 Å². The molecule has 1 amide bonds. The summed E-state index contributed by atoms with van der Waals surface area (Å²) >= 11 is 0.958. The Hall–Kier alpha value is -2.61. The minimum Gasteiger partial charge on any atom is -0.544 e. The summed E-state index contributed by atoms with van der Waals surface area (Å²) in [5, 5.41) is 14.0. The molecule has 1 aromatic heterocycles. The lowest BCUT2D eigenvalue weighted by Crippen LogP contribution is -2.29. The first-order valence-electron chi connectivity index (χ1n) is 7.80. The van der Waals surface area contributed by atoms with Crippen molar-refractivity contribution in [2.75, 3.05) is 19.8 Å². The molecule has 1 aromatic carbocycles. The Morgan fingerprint density at radius 2 is 1.92 bits per heavy atom. The van der Waals surface area contributed by atoms with Gasteiger partial charge in [-0.1, -0.05) is 12.1 Å². The number of aryl methyl sites for hydroxylation is 1. The fourth-order valence-electron chi connectivity index (χ4n) is 2.11. The summed E-state index contributed by atoms with van der Waals surface area (Å²) in [6.45, 7) is 4.61. The minimum absolute atomic E-state index is 0.0221. The molecule has 0 radical (unpaired) electrons. The molecule has 0 saturated heterocycles. The quantitative estimate of drug-likeness (QED) is 0.666. The van der Waals surface area contributed by atoms with Crippen LogP contribution in [0.25, 0.3) is 0 Å². The number of carboxylic acid groups (broad SMARTS) is 1. The van der Waals surface area contributed by atoms with Crippen LogP contribution >= 0.6 is 11.3 Å². The fraction of sp³-hybridized carbons (Fsp3) is 0.353. The minimum atomic E-state index is -1.27. The van der Waals surface area contributed by atoms with Crippen molar-refractivity contribution in [2.24, 2.45) is 0 Å². The Kier molecular flexibility index (Phi) is 6.76. The highest BCUT2D eigenvalue weighted by Crippen LogP contribution is 2.26. The molecule has 0 saturated carbocycles. The van der Waals surface area contributed by atoms with Gasteiger partial charge in [0.05, 0.1) is 36.1 Å². The largest absolute Gasteiger partial charge is 0.544 e. The maximum Gasteiger partial charge on any atom is 0.226 e. The average molecular weight is 363 g/mol. The van der Waals surface area contributed by atoms with Gasteiger partial charge in [0.15, 0.2) is 11.5 Å². The summed E-state index contributed by atoms with van der Waals surface area (Å²) in [5.41, 5.74) is 0.365. The second-order valence-electron chi connectivity index (χ2n) is 5.06. The average Bonchev–Trinajstić information content (AvgIpc) is 2.94. The first-order valence-corrected chi connectivity index (χ1v) is 8.62. The number of nitrogens with zero attached hydrogens (tertiary/aromatic N) is 1. The van der Waals surface area contributed by atoms with Crippen molar-refractivity contribution < 1.29 is 24.2 Å². The molecule has 1 N–H and O–H groups in total. The molecular weight excluding hydrogens is 344 g/mol. The van der Waals surface area contributed by atoms with Gasteiger partial charge in [-0.05, 0) is 26.0 Å². The van der Waals surface area contributed by atoms with Crippen molar-refractivity contribution in [3.05, 3.63) is 39.8 Å². The van der Waals surface area contributed by atoms with Crippen LogP contribution in [0, 0.1) is 6.92 Å². The molecule has 1 heterocycles. The van der Waals surface area contributed by atoms with Crippen LogP contribution in [0.4, 0.5) is 0 Å². The van der Waals surface area contributed by atoms with E-state index in [2.05, 4.69) is 10.3 Å². The topological polar surface area (TPSA) is 101 Å². The summed E-state index contributed by atoms with van der Waals surface area (Å²) in [5.74, 6) is -0.250. The van der Waals surface area contributed by atoms with Crippen LogP contribution in [-0.2, 0) is 11.2 Å². The number of thiazole rings is 1. The van der Waals surface area contributed by atoms with Gasteiger partial charge in [0, 0.05) is 0 Å². The Morgan fingerprint density at radius 1 is 1.24 bits per heavy atom. The third-order valence-corrected chi connectivity index (χ3v) is 4.31. The van der Waals surface area contributed by atoms with Gasteiger partial charge in [-0.15, -0.1) is 11.3 Å².